The van der Waals surface area contributed by atoms with Crippen molar-refractivity contribution in [2.24, 2.45) is 0 Å². The van der Waals surface area contributed by atoms with Crippen molar-refractivity contribution in [2.75, 3.05) is 5.32 Å². The summed E-state index contributed by atoms with van der Waals surface area (Å²) in [5.41, 5.74) is 4.70. The van der Waals surface area contributed by atoms with Crippen LogP contribution in [0.3, 0.4) is 0 Å². The number of para-hydroxylation sites is 1. The highest BCUT2D eigenvalue weighted by Gasteiger charge is 2.08. The fourth-order valence-corrected chi connectivity index (χ4v) is 3.58. The van der Waals surface area contributed by atoms with Gasteiger partial charge in [0.05, 0.1) is 6.54 Å². The van der Waals surface area contributed by atoms with Crippen LogP contribution in [-0.2, 0) is 29.4 Å². The van der Waals surface area contributed by atoms with Crippen LogP contribution in [0.25, 0.3) is 11.1 Å². The summed E-state index contributed by atoms with van der Waals surface area (Å²) in [7, 11) is 0. The van der Waals surface area contributed by atoms with Gasteiger partial charge in [0.1, 0.15) is 12.4 Å². The number of hydrogen-bond donors (Lipinski definition) is 2. The molecule has 0 saturated heterocycles. The van der Waals surface area contributed by atoms with E-state index in [-0.39, 0.29) is 18.7 Å². The second-order valence-corrected chi connectivity index (χ2v) is 8.15. The molecule has 0 unspecified atom stereocenters. The SMILES string of the molecule is CC(=O)OC[n+]1cccc(CNC(=O)Nc2ccc(COc3ccccc3-c3ccccc3)cc2)c1. The summed E-state index contributed by atoms with van der Waals surface area (Å²) in [5.74, 6) is 0.473. The van der Waals surface area contributed by atoms with Crippen LogP contribution in [0.4, 0.5) is 10.5 Å². The zero-order valence-corrected chi connectivity index (χ0v) is 20.0. The van der Waals surface area contributed by atoms with Gasteiger partial charge in [-0.15, -0.1) is 0 Å². The Labute approximate surface area is 210 Å². The average Bonchev–Trinajstić information content (AvgIpc) is 2.91. The standard InChI is InChI=1S/C29H27N3O4/c1-22(33)36-21-32-17-7-8-24(19-32)18-30-29(34)31-26-15-13-23(14-16-26)20-35-28-12-6-5-11-27(28)25-9-3-2-4-10-25/h2-17,19H,18,20-21H2,1H3,(H-,30,31,34)/p+1. The normalized spacial score (nSPS) is 10.4. The van der Waals surface area contributed by atoms with Crippen molar-refractivity contribution in [3.63, 3.8) is 0 Å². The smallest absolute Gasteiger partial charge is 0.319 e. The number of pyridine rings is 1. The maximum atomic E-state index is 12.3. The molecule has 182 valence electrons. The molecule has 1 aromatic heterocycles. The minimum absolute atomic E-state index is 0.128. The second-order valence-electron chi connectivity index (χ2n) is 8.15. The number of benzene rings is 3. The zero-order valence-electron chi connectivity index (χ0n) is 20.0. The Balaban J connectivity index is 1.27. The van der Waals surface area contributed by atoms with Gasteiger partial charge in [-0.1, -0.05) is 60.7 Å². The lowest BCUT2D eigenvalue weighted by Crippen LogP contribution is -2.36. The summed E-state index contributed by atoms with van der Waals surface area (Å²) in [5, 5.41) is 5.66. The number of aromatic nitrogens is 1. The quantitative estimate of drug-likeness (QED) is 0.258. The van der Waals surface area contributed by atoms with Crippen molar-refractivity contribution in [1.82, 2.24) is 5.32 Å². The molecular formula is C29H28N3O4+. The van der Waals surface area contributed by atoms with Gasteiger partial charge in [0.2, 0.25) is 0 Å². The van der Waals surface area contributed by atoms with Crippen LogP contribution in [0.5, 0.6) is 5.75 Å². The van der Waals surface area contributed by atoms with E-state index in [1.807, 2.05) is 85.1 Å². The van der Waals surface area contributed by atoms with Gasteiger partial charge in [0, 0.05) is 29.8 Å². The van der Waals surface area contributed by atoms with Gasteiger partial charge < -0.3 is 20.1 Å². The highest BCUT2D eigenvalue weighted by atomic mass is 16.5. The Hall–Kier alpha value is -4.65. The lowest BCUT2D eigenvalue weighted by Gasteiger charge is -2.12. The van der Waals surface area contributed by atoms with E-state index in [9.17, 15) is 9.59 Å². The molecule has 0 spiro atoms. The van der Waals surface area contributed by atoms with Crippen LogP contribution in [0.15, 0.2) is 103 Å². The van der Waals surface area contributed by atoms with Gasteiger partial charge in [-0.3, -0.25) is 4.79 Å². The highest BCUT2D eigenvalue weighted by Crippen LogP contribution is 2.30. The molecule has 4 rings (SSSR count). The van der Waals surface area contributed by atoms with E-state index in [0.717, 1.165) is 28.0 Å². The predicted octanol–water partition coefficient (Wildman–Crippen LogP) is 5.06. The molecule has 1 heterocycles. The number of hydrogen-bond acceptors (Lipinski definition) is 4. The van der Waals surface area contributed by atoms with Crippen LogP contribution in [0, 0.1) is 0 Å². The van der Waals surface area contributed by atoms with E-state index >= 15 is 0 Å². The fraction of sp³-hybridized carbons (Fsp3) is 0.138. The molecule has 36 heavy (non-hydrogen) atoms. The number of anilines is 1. The monoisotopic (exact) mass is 482 g/mol. The lowest BCUT2D eigenvalue weighted by molar-refractivity contribution is -0.727. The van der Waals surface area contributed by atoms with E-state index in [1.165, 1.54) is 6.92 Å². The van der Waals surface area contributed by atoms with E-state index in [1.54, 1.807) is 10.8 Å². The molecule has 2 amide bonds. The highest BCUT2D eigenvalue weighted by molar-refractivity contribution is 5.89. The number of amides is 2. The summed E-state index contributed by atoms with van der Waals surface area (Å²) >= 11 is 0. The van der Waals surface area contributed by atoms with E-state index in [2.05, 4.69) is 22.8 Å². The Bertz CT molecular complexity index is 1310. The maximum absolute atomic E-state index is 12.3. The third kappa shape index (κ3) is 7.17. The zero-order chi connectivity index (χ0) is 25.2. The minimum Gasteiger partial charge on any atom is -0.488 e. The fourth-order valence-electron chi connectivity index (χ4n) is 3.58. The Kier molecular flexibility index (Phi) is 8.27. The first-order valence-electron chi connectivity index (χ1n) is 11.6. The van der Waals surface area contributed by atoms with Gasteiger partial charge in [0.25, 0.3) is 6.73 Å². The van der Waals surface area contributed by atoms with Crippen molar-refractivity contribution in [3.8, 4) is 16.9 Å². The lowest BCUT2D eigenvalue weighted by atomic mass is 10.0. The summed E-state index contributed by atoms with van der Waals surface area (Å²) in [6.45, 7) is 2.24. The molecule has 0 radical (unpaired) electrons. The van der Waals surface area contributed by atoms with Gasteiger partial charge in [0.15, 0.2) is 12.4 Å². The third-order valence-corrected chi connectivity index (χ3v) is 5.37. The summed E-state index contributed by atoms with van der Waals surface area (Å²) in [4.78, 5) is 23.3. The van der Waals surface area contributed by atoms with Crippen LogP contribution in [-0.4, -0.2) is 12.0 Å². The molecule has 0 aliphatic heterocycles. The number of esters is 1. The molecule has 7 heteroatoms. The number of urea groups is 1. The number of rotatable bonds is 9. The molecule has 3 aromatic carbocycles. The Morgan fingerprint density at radius 2 is 1.58 bits per heavy atom. The molecule has 0 aliphatic carbocycles. The Morgan fingerprint density at radius 3 is 2.36 bits per heavy atom. The third-order valence-electron chi connectivity index (χ3n) is 5.37. The predicted molar refractivity (Wildman–Crippen MR) is 137 cm³/mol. The van der Waals surface area contributed by atoms with Crippen LogP contribution in [0.2, 0.25) is 0 Å². The van der Waals surface area contributed by atoms with Crippen LogP contribution >= 0.6 is 0 Å². The minimum atomic E-state index is -0.347. The van der Waals surface area contributed by atoms with E-state index in [0.29, 0.717) is 18.8 Å². The first kappa shape index (κ1) is 24.5. The molecular weight excluding hydrogens is 454 g/mol. The van der Waals surface area contributed by atoms with Gasteiger partial charge in [-0.2, -0.15) is 4.57 Å². The van der Waals surface area contributed by atoms with Gasteiger partial charge in [-0.05, 0) is 35.4 Å². The van der Waals surface area contributed by atoms with Crippen molar-refractivity contribution in [1.29, 1.82) is 0 Å². The molecule has 0 saturated carbocycles. The molecule has 2 N–H and O–H groups in total. The molecule has 0 atom stereocenters. The van der Waals surface area contributed by atoms with Crippen LogP contribution < -0.4 is 19.9 Å². The average molecular weight is 483 g/mol. The van der Waals surface area contributed by atoms with Gasteiger partial charge >= 0.3 is 12.0 Å². The number of carbonyl (C=O) groups is 2. The van der Waals surface area contributed by atoms with Crippen molar-refractivity contribution in [3.05, 3.63) is 115 Å². The largest absolute Gasteiger partial charge is 0.488 e. The number of nitrogens with zero attached hydrogens (tertiary/aromatic N) is 1. The summed E-state index contributed by atoms with van der Waals surface area (Å²) in [6, 6.07) is 29.1. The second kappa shape index (κ2) is 12.2. The molecule has 0 bridgehead atoms. The first-order valence-corrected chi connectivity index (χ1v) is 11.6. The van der Waals surface area contributed by atoms with Crippen molar-refractivity contribution in [2.45, 2.75) is 26.8 Å². The molecule has 0 aliphatic rings. The Morgan fingerprint density at radius 1 is 0.833 bits per heavy atom. The molecule has 0 fully saturated rings. The maximum Gasteiger partial charge on any atom is 0.319 e. The van der Waals surface area contributed by atoms with Crippen molar-refractivity contribution >= 4 is 17.7 Å². The van der Waals surface area contributed by atoms with Crippen LogP contribution in [0.1, 0.15) is 18.1 Å². The van der Waals surface area contributed by atoms with Gasteiger partial charge in [-0.25, -0.2) is 4.79 Å². The summed E-state index contributed by atoms with van der Waals surface area (Å²) in [6.07, 6.45) is 3.60. The topological polar surface area (TPSA) is 80.5 Å². The number of carbonyl (C=O) groups excluding carboxylic acids is 2. The molecule has 4 aromatic rings. The number of ether oxygens (including phenoxy) is 2. The van der Waals surface area contributed by atoms with E-state index < -0.39 is 0 Å². The molecule has 7 nitrogen and oxygen atoms in total. The van der Waals surface area contributed by atoms with E-state index in [4.69, 9.17) is 9.47 Å². The summed E-state index contributed by atoms with van der Waals surface area (Å²) < 4.78 is 12.8. The van der Waals surface area contributed by atoms with Crippen molar-refractivity contribution < 1.29 is 23.6 Å². The number of nitrogens with one attached hydrogen (secondary N) is 2. The first-order chi connectivity index (χ1) is 17.6.